The van der Waals surface area contributed by atoms with E-state index in [-0.39, 0.29) is 24.8 Å². The van der Waals surface area contributed by atoms with E-state index in [1.807, 2.05) is 24.3 Å². The van der Waals surface area contributed by atoms with Gasteiger partial charge in [0, 0.05) is 16.8 Å². The Labute approximate surface area is 185 Å². The number of fused-ring (bicyclic) bond motifs is 2. The zero-order valence-electron chi connectivity index (χ0n) is 16.7. The maximum Gasteiger partial charge on any atom is 0.0916 e. The molecule has 0 aliphatic heterocycles. The molecule has 0 saturated heterocycles. The first-order valence-corrected chi connectivity index (χ1v) is 9.97. The average molecular weight is 443 g/mol. The van der Waals surface area contributed by atoms with Gasteiger partial charge in [-0.05, 0) is 51.5 Å². The molecule has 0 bridgehead atoms. The number of pyridine rings is 1. The lowest BCUT2D eigenvalue weighted by Gasteiger charge is -2.21. The molecule has 3 aromatic rings. The summed E-state index contributed by atoms with van der Waals surface area (Å²) in [6.07, 6.45) is 2.33. The van der Waals surface area contributed by atoms with Crippen LogP contribution in [0.1, 0.15) is 33.6 Å². The Morgan fingerprint density at radius 2 is 1.68 bits per heavy atom. The molecule has 3 rings (SSSR count). The SMILES string of the molecule is CCN(CC)CCCC(C)Nc1c2ccccc2nc2c(Cl)cccc12.Cl.Cl. The largest absolute Gasteiger partial charge is 0.381 e. The van der Waals surface area contributed by atoms with Crippen molar-refractivity contribution in [3.05, 3.63) is 47.5 Å². The second-order valence-corrected chi connectivity index (χ2v) is 7.26. The molecule has 1 unspecified atom stereocenters. The number of nitrogens with one attached hydrogen (secondary N) is 1. The highest BCUT2D eigenvalue weighted by Crippen LogP contribution is 2.34. The Morgan fingerprint density at radius 1 is 1.00 bits per heavy atom. The van der Waals surface area contributed by atoms with Crippen molar-refractivity contribution >= 4 is 63.9 Å². The average Bonchev–Trinajstić information content (AvgIpc) is 2.66. The summed E-state index contributed by atoms with van der Waals surface area (Å²) in [6.45, 7) is 10.1. The quantitative estimate of drug-likeness (QED) is 0.388. The Kier molecular flexibility index (Phi) is 10.3. The molecule has 0 fully saturated rings. The molecule has 0 aliphatic carbocycles. The highest BCUT2D eigenvalue weighted by atomic mass is 35.5. The van der Waals surface area contributed by atoms with Crippen LogP contribution in [-0.4, -0.2) is 35.6 Å². The van der Waals surface area contributed by atoms with Gasteiger partial charge >= 0.3 is 0 Å². The molecule has 2 aromatic carbocycles. The van der Waals surface area contributed by atoms with Crippen LogP contribution in [0.5, 0.6) is 0 Å². The van der Waals surface area contributed by atoms with Gasteiger partial charge in [-0.15, -0.1) is 24.8 Å². The fourth-order valence-electron chi connectivity index (χ4n) is 3.51. The number of benzene rings is 2. The third-order valence-electron chi connectivity index (χ3n) is 5.06. The number of nitrogens with zero attached hydrogens (tertiary/aromatic N) is 2. The normalized spacial score (nSPS) is 11.9. The van der Waals surface area contributed by atoms with Gasteiger partial charge in [-0.2, -0.15) is 0 Å². The molecule has 0 saturated carbocycles. The summed E-state index contributed by atoms with van der Waals surface area (Å²) in [6, 6.07) is 14.7. The van der Waals surface area contributed by atoms with E-state index in [0.29, 0.717) is 11.1 Å². The van der Waals surface area contributed by atoms with E-state index in [0.717, 1.165) is 53.5 Å². The monoisotopic (exact) mass is 441 g/mol. The van der Waals surface area contributed by atoms with Crippen LogP contribution in [0.25, 0.3) is 21.8 Å². The van der Waals surface area contributed by atoms with Gasteiger partial charge in [-0.25, -0.2) is 4.98 Å². The van der Waals surface area contributed by atoms with Crippen LogP contribution in [0, 0.1) is 0 Å². The van der Waals surface area contributed by atoms with E-state index in [2.05, 4.69) is 49.2 Å². The van der Waals surface area contributed by atoms with Crippen LogP contribution in [-0.2, 0) is 0 Å². The van der Waals surface area contributed by atoms with Crippen molar-refractivity contribution in [2.75, 3.05) is 25.0 Å². The van der Waals surface area contributed by atoms with Gasteiger partial charge in [0.15, 0.2) is 0 Å². The van der Waals surface area contributed by atoms with Crippen LogP contribution in [0.2, 0.25) is 5.02 Å². The van der Waals surface area contributed by atoms with E-state index < -0.39 is 0 Å². The van der Waals surface area contributed by atoms with Gasteiger partial charge in [0.05, 0.1) is 21.7 Å². The molecule has 154 valence electrons. The highest BCUT2D eigenvalue weighted by molar-refractivity contribution is 6.35. The predicted molar refractivity (Wildman–Crippen MR) is 129 cm³/mol. The highest BCUT2D eigenvalue weighted by Gasteiger charge is 2.13. The summed E-state index contributed by atoms with van der Waals surface area (Å²) in [5.74, 6) is 0. The van der Waals surface area contributed by atoms with Gasteiger partial charge in [0.25, 0.3) is 0 Å². The van der Waals surface area contributed by atoms with Crippen LogP contribution < -0.4 is 5.32 Å². The summed E-state index contributed by atoms with van der Waals surface area (Å²) in [7, 11) is 0. The Hall–Kier alpha value is -1.26. The summed E-state index contributed by atoms with van der Waals surface area (Å²) in [5, 5.41) is 6.69. The Bertz CT molecular complexity index is 881. The Morgan fingerprint density at radius 3 is 2.39 bits per heavy atom. The zero-order valence-corrected chi connectivity index (χ0v) is 19.1. The first kappa shape index (κ1) is 24.8. The second-order valence-electron chi connectivity index (χ2n) is 6.85. The maximum absolute atomic E-state index is 6.42. The second kappa shape index (κ2) is 11.7. The van der Waals surface area contributed by atoms with Crippen LogP contribution in [0.3, 0.4) is 0 Å². The van der Waals surface area contributed by atoms with Crippen molar-refractivity contribution in [3.8, 4) is 0 Å². The molecule has 1 aromatic heterocycles. The lowest BCUT2D eigenvalue weighted by atomic mass is 10.1. The van der Waals surface area contributed by atoms with Crippen LogP contribution in [0.4, 0.5) is 5.69 Å². The molecule has 0 radical (unpaired) electrons. The minimum absolute atomic E-state index is 0. The fraction of sp³-hybridized carbons (Fsp3) is 0.409. The molecular weight excluding hydrogens is 413 g/mol. The smallest absolute Gasteiger partial charge is 0.0916 e. The lowest BCUT2D eigenvalue weighted by molar-refractivity contribution is 0.295. The van der Waals surface area contributed by atoms with E-state index in [1.165, 1.54) is 6.42 Å². The van der Waals surface area contributed by atoms with Crippen LogP contribution >= 0.6 is 36.4 Å². The fourth-order valence-corrected chi connectivity index (χ4v) is 3.73. The number of hydrogen-bond acceptors (Lipinski definition) is 3. The first-order valence-electron chi connectivity index (χ1n) is 9.59. The molecule has 1 N–H and O–H groups in total. The van der Waals surface area contributed by atoms with Crippen molar-refractivity contribution in [3.63, 3.8) is 0 Å². The van der Waals surface area contributed by atoms with E-state index >= 15 is 0 Å². The summed E-state index contributed by atoms with van der Waals surface area (Å²) in [5.41, 5.74) is 2.99. The minimum atomic E-state index is 0. The molecule has 0 aliphatic rings. The van der Waals surface area contributed by atoms with Crippen LogP contribution in [0.15, 0.2) is 42.5 Å². The standard InChI is InChI=1S/C22H28ClN3.2ClH/c1-4-26(5-2)15-9-10-16(3)24-21-17-11-6-7-14-20(17)25-22-18(21)12-8-13-19(22)23;;/h6-8,11-14,16H,4-5,9-10,15H2,1-3H3,(H,24,25);2*1H. The van der Waals surface area contributed by atoms with Crippen molar-refractivity contribution < 1.29 is 0 Å². The third kappa shape index (κ3) is 5.64. The number of hydrogen-bond donors (Lipinski definition) is 1. The van der Waals surface area contributed by atoms with Gasteiger partial charge in [0.2, 0.25) is 0 Å². The van der Waals surface area contributed by atoms with E-state index in [9.17, 15) is 0 Å². The van der Waals surface area contributed by atoms with Crippen molar-refractivity contribution in [1.82, 2.24) is 9.88 Å². The van der Waals surface area contributed by atoms with E-state index in [4.69, 9.17) is 16.6 Å². The minimum Gasteiger partial charge on any atom is -0.381 e. The number of para-hydroxylation sites is 2. The molecule has 1 heterocycles. The molecule has 3 nitrogen and oxygen atoms in total. The number of anilines is 1. The van der Waals surface area contributed by atoms with Crippen molar-refractivity contribution in [1.29, 1.82) is 0 Å². The first-order chi connectivity index (χ1) is 12.6. The third-order valence-corrected chi connectivity index (χ3v) is 5.36. The molecule has 0 spiro atoms. The van der Waals surface area contributed by atoms with Crippen molar-refractivity contribution in [2.24, 2.45) is 0 Å². The summed E-state index contributed by atoms with van der Waals surface area (Å²) >= 11 is 6.42. The predicted octanol–water partition coefficient (Wildman–Crippen LogP) is 6.81. The number of aromatic nitrogens is 1. The Balaban J connectivity index is 0.00000196. The summed E-state index contributed by atoms with van der Waals surface area (Å²) < 4.78 is 0. The number of rotatable bonds is 8. The molecule has 0 amide bonds. The van der Waals surface area contributed by atoms with E-state index in [1.54, 1.807) is 0 Å². The maximum atomic E-state index is 6.42. The molecular formula is C22H30Cl3N3. The molecule has 28 heavy (non-hydrogen) atoms. The van der Waals surface area contributed by atoms with Crippen molar-refractivity contribution in [2.45, 2.75) is 39.7 Å². The lowest BCUT2D eigenvalue weighted by Crippen LogP contribution is -2.25. The van der Waals surface area contributed by atoms with Gasteiger partial charge < -0.3 is 10.2 Å². The topological polar surface area (TPSA) is 28.2 Å². The summed E-state index contributed by atoms with van der Waals surface area (Å²) in [4.78, 5) is 7.25. The zero-order chi connectivity index (χ0) is 18.5. The molecule has 1 atom stereocenters. The van der Waals surface area contributed by atoms with Gasteiger partial charge in [-0.1, -0.05) is 55.8 Å². The van der Waals surface area contributed by atoms with Gasteiger partial charge in [0.1, 0.15) is 0 Å². The number of halogens is 3. The van der Waals surface area contributed by atoms with Gasteiger partial charge in [-0.3, -0.25) is 0 Å². The molecule has 6 heteroatoms.